The van der Waals surface area contributed by atoms with Crippen LogP contribution in [0.1, 0.15) is 5.56 Å². The van der Waals surface area contributed by atoms with Crippen LogP contribution in [0.5, 0.6) is 5.75 Å². The Kier molecular flexibility index (Phi) is 3.69. The molecule has 72 valence electrons. The summed E-state index contributed by atoms with van der Waals surface area (Å²) in [4.78, 5) is 0. The van der Waals surface area contributed by atoms with E-state index < -0.39 is 0 Å². The Morgan fingerprint density at radius 2 is 2.36 bits per heavy atom. The summed E-state index contributed by atoms with van der Waals surface area (Å²) in [5.74, 6) is 0.175. The molecule has 0 fully saturated rings. The molecule has 2 nitrogen and oxygen atoms in total. The van der Waals surface area contributed by atoms with Crippen LogP contribution in [0.4, 0.5) is 4.39 Å². The molecule has 0 spiro atoms. The second-order valence-corrected chi connectivity index (χ2v) is 2.69. The predicted molar refractivity (Wildman–Crippen MR) is 51.4 cm³/mol. The second-order valence-electron chi connectivity index (χ2n) is 2.69. The van der Waals surface area contributed by atoms with Crippen LogP contribution < -0.4 is 4.74 Å². The van der Waals surface area contributed by atoms with Gasteiger partial charge in [-0.2, -0.15) is 5.26 Å². The molecule has 0 heterocycles. The lowest BCUT2D eigenvalue weighted by atomic mass is 10.1. The average Bonchev–Trinajstić information content (AvgIpc) is 2.17. The van der Waals surface area contributed by atoms with Gasteiger partial charge in [-0.15, -0.1) is 0 Å². The summed E-state index contributed by atoms with van der Waals surface area (Å²) in [6, 6.07) is 6.09. The minimum Gasteiger partial charge on any atom is -0.489 e. The Morgan fingerprint density at radius 1 is 1.57 bits per heavy atom. The molecule has 0 aliphatic heterocycles. The Bertz CT molecular complexity index is 368. The van der Waals surface area contributed by atoms with E-state index in [9.17, 15) is 4.39 Å². The Labute approximate surface area is 82.2 Å². The third kappa shape index (κ3) is 2.60. The van der Waals surface area contributed by atoms with E-state index in [1.165, 1.54) is 18.2 Å². The zero-order valence-corrected chi connectivity index (χ0v) is 7.66. The number of halogens is 1. The summed E-state index contributed by atoms with van der Waals surface area (Å²) >= 11 is 0. The lowest BCUT2D eigenvalue weighted by Gasteiger charge is -2.07. The van der Waals surface area contributed by atoms with Gasteiger partial charge in [0.15, 0.2) is 0 Å². The van der Waals surface area contributed by atoms with E-state index in [0.717, 1.165) is 0 Å². The van der Waals surface area contributed by atoms with Gasteiger partial charge in [-0.05, 0) is 18.2 Å². The molecule has 0 bridgehead atoms. The van der Waals surface area contributed by atoms with Crippen molar-refractivity contribution in [1.29, 1.82) is 5.26 Å². The lowest BCUT2D eigenvalue weighted by molar-refractivity contribution is 0.359. The molecule has 0 aromatic heterocycles. The molecule has 0 aliphatic carbocycles. The maximum atomic E-state index is 12.8. The van der Waals surface area contributed by atoms with E-state index in [4.69, 9.17) is 10.00 Å². The minimum atomic E-state index is -0.360. The maximum absolute atomic E-state index is 12.8. The number of nitriles is 1. The molecule has 0 radical (unpaired) electrons. The van der Waals surface area contributed by atoms with Crippen LogP contribution in [0, 0.1) is 17.1 Å². The van der Waals surface area contributed by atoms with E-state index in [1.54, 1.807) is 6.08 Å². The molecule has 0 saturated carbocycles. The largest absolute Gasteiger partial charge is 0.489 e. The van der Waals surface area contributed by atoms with Gasteiger partial charge < -0.3 is 4.74 Å². The second kappa shape index (κ2) is 5.03. The fourth-order valence-electron chi connectivity index (χ4n) is 1.06. The minimum absolute atomic E-state index is 0.143. The number of rotatable bonds is 4. The van der Waals surface area contributed by atoms with Gasteiger partial charge in [-0.25, -0.2) is 4.39 Å². The first-order valence-electron chi connectivity index (χ1n) is 4.17. The molecule has 0 aliphatic rings. The summed E-state index contributed by atoms with van der Waals surface area (Å²) in [7, 11) is 0. The lowest BCUT2D eigenvalue weighted by Crippen LogP contribution is -1.97. The van der Waals surface area contributed by atoms with Gasteiger partial charge in [-0.3, -0.25) is 0 Å². The highest BCUT2D eigenvalue weighted by Crippen LogP contribution is 2.19. The first-order chi connectivity index (χ1) is 6.77. The number of ether oxygens (including phenoxy) is 1. The van der Waals surface area contributed by atoms with Crippen molar-refractivity contribution in [3.8, 4) is 11.8 Å². The smallest absolute Gasteiger partial charge is 0.124 e. The van der Waals surface area contributed by atoms with Crippen LogP contribution in [0.2, 0.25) is 0 Å². The molecule has 0 atom stereocenters. The average molecular weight is 191 g/mol. The summed E-state index contributed by atoms with van der Waals surface area (Å²) < 4.78 is 18.1. The first kappa shape index (κ1) is 10.3. The maximum Gasteiger partial charge on any atom is 0.124 e. The van der Waals surface area contributed by atoms with Crippen LogP contribution in [-0.2, 0) is 6.42 Å². The Hall–Kier alpha value is -1.82. The van der Waals surface area contributed by atoms with Crippen LogP contribution in [0.15, 0.2) is 30.9 Å². The summed E-state index contributed by atoms with van der Waals surface area (Å²) in [5.41, 5.74) is 0.564. The summed E-state index contributed by atoms with van der Waals surface area (Å²) in [6.45, 7) is 3.86. The first-order valence-corrected chi connectivity index (χ1v) is 4.17. The number of benzene rings is 1. The number of hydrogen-bond donors (Lipinski definition) is 0. The van der Waals surface area contributed by atoms with E-state index in [0.29, 0.717) is 17.9 Å². The van der Waals surface area contributed by atoms with Gasteiger partial charge in [-0.1, -0.05) is 12.7 Å². The third-order valence-electron chi connectivity index (χ3n) is 1.65. The van der Waals surface area contributed by atoms with Gasteiger partial charge in [0.05, 0.1) is 12.5 Å². The van der Waals surface area contributed by atoms with Crippen molar-refractivity contribution in [3.05, 3.63) is 42.2 Å². The van der Waals surface area contributed by atoms with Gasteiger partial charge >= 0.3 is 0 Å². The Morgan fingerprint density at radius 3 is 3.00 bits per heavy atom. The van der Waals surface area contributed by atoms with Gasteiger partial charge in [0.1, 0.15) is 18.2 Å². The monoisotopic (exact) mass is 191 g/mol. The highest BCUT2D eigenvalue weighted by Gasteiger charge is 2.04. The molecular weight excluding hydrogens is 181 g/mol. The van der Waals surface area contributed by atoms with Crippen LogP contribution in [-0.4, -0.2) is 6.61 Å². The van der Waals surface area contributed by atoms with Crippen molar-refractivity contribution in [2.24, 2.45) is 0 Å². The number of nitrogens with zero attached hydrogens (tertiary/aromatic N) is 1. The molecule has 1 aromatic carbocycles. The SMILES string of the molecule is C=CCOc1ccc(F)cc1CC#N. The zero-order valence-electron chi connectivity index (χ0n) is 7.66. The van der Waals surface area contributed by atoms with Gasteiger partial charge in [0, 0.05) is 5.56 Å². The molecular formula is C11H10FNO. The van der Waals surface area contributed by atoms with Crippen molar-refractivity contribution < 1.29 is 9.13 Å². The van der Waals surface area contributed by atoms with E-state index in [1.807, 2.05) is 6.07 Å². The molecule has 0 saturated heterocycles. The van der Waals surface area contributed by atoms with Crippen LogP contribution in [0.25, 0.3) is 0 Å². The topological polar surface area (TPSA) is 33.0 Å². The standard InChI is InChI=1S/C11H10FNO/c1-2-7-14-11-4-3-10(12)8-9(11)5-6-13/h2-4,8H,1,5,7H2. The fourth-order valence-corrected chi connectivity index (χ4v) is 1.06. The molecule has 0 amide bonds. The van der Waals surface area contributed by atoms with Crippen molar-refractivity contribution in [2.45, 2.75) is 6.42 Å². The van der Waals surface area contributed by atoms with Gasteiger partial charge in [0.25, 0.3) is 0 Å². The molecule has 3 heteroatoms. The molecule has 1 aromatic rings. The van der Waals surface area contributed by atoms with E-state index >= 15 is 0 Å². The third-order valence-corrected chi connectivity index (χ3v) is 1.65. The number of hydrogen-bond acceptors (Lipinski definition) is 2. The van der Waals surface area contributed by atoms with Crippen molar-refractivity contribution in [1.82, 2.24) is 0 Å². The zero-order chi connectivity index (χ0) is 10.4. The Balaban J connectivity index is 2.90. The van der Waals surface area contributed by atoms with E-state index in [-0.39, 0.29) is 12.2 Å². The highest BCUT2D eigenvalue weighted by molar-refractivity contribution is 5.35. The molecule has 0 N–H and O–H groups in total. The predicted octanol–water partition coefficient (Wildman–Crippen LogP) is 2.46. The van der Waals surface area contributed by atoms with Crippen LogP contribution in [0.3, 0.4) is 0 Å². The normalized spacial score (nSPS) is 9.14. The summed E-state index contributed by atoms with van der Waals surface area (Å²) in [6.07, 6.45) is 1.74. The van der Waals surface area contributed by atoms with E-state index in [2.05, 4.69) is 6.58 Å². The summed E-state index contributed by atoms with van der Waals surface area (Å²) in [5, 5.41) is 8.51. The molecule has 14 heavy (non-hydrogen) atoms. The molecule has 0 unspecified atom stereocenters. The molecule has 1 rings (SSSR count). The van der Waals surface area contributed by atoms with Crippen molar-refractivity contribution >= 4 is 0 Å². The quantitative estimate of drug-likeness (QED) is 0.685. The fraction of sp³-hybridized carbons (Fsp3) is 0.182. The van der Waals surface area contributed by atoms with Crippen molar-refractivity contribution in [2.75, 3.05) is 6.61 Å². The van der Waals surface area contributed by atoms with Gasteiger partial charge in [0.2, 0.25) is 0 Å². The highest BCUT2D eigenvalue weighted by atomic mass is 19.1. The van der Waals surface area contributed by atoms with Crippen molar-refractivity contribution in [3.63, 3.8) is 0 Å². The van der Waals surface area contributed by atoms with Crippen LogP contribution >= 0.6 is 0 Å².